The van der Waals surface area contributed by atoms with Crippen LogP contribution < -0.4 is 0 Å². The van der Waals surface area contributed by atoms with Gasteiger partial charge in [0.1, 0.15) is 19.3 Å². The van der Waals surface area contributed by atoms with Crippen LogP contribution in [0.4, 0.5) is 0 Å². The van der Waals surface area contributed by atoms with E-state index in [1.54, 1.807) is 13.8 Å². The molecule has 0 bridgehead atoms. The van der Waals surface area contributed by atoms with Crippen LogP contribution in [0, 0.1) is 10.8 Å². The summed E-state index contributed by atoms with van der Waals surface area (Å²) < 4.78 is 14.2. The first-order valence-electron chi connectivity index (χ1n) is 9.01. The molecular weight excluding hydrogens is 352 g/mol. The predicted octanol–water partition coefficient (Wildman–Crippen LogP) is 3.04. The average Bonchev–Trinajstić information content (AvgIpc) is 2.63. The van der Waals surface area contributed by atoms with E-state index in [0.29, 0.717) is 6.42 Å². The van der Waals surface area contributed by atoms with Crippen molar-refractivity contribution in [3.8, 4) is 0 Å². The third kappa shape index (κ3) is 11.4. The van der Waals surface area contributed by atoms with E-state index >= 15 is 0 Å². The molecule has 0 aliphatic carbocycles. The number of ether oxygens (including phenoxy) is 3. The van der Waals surface area contributed by atoms with Gasteiger partial charge in [-0.2, -0.15) is 0 Å². The molecule has 0 aliphatic rings. The number of carbonyl (C=O) groups excluding carboxylic acids is 3. The van der Waals surface area contributed by atoms with Gasteiger partial charge in [-0.3, -0.25) is 9.59 Å². The van der Waals surface area contributed by atoms with E-state index < -0.39 is 17.5 Å². The summed E-state index contributed by atoms with van der Waals surface area (Å²) in [5, 5.41) is 9.48. The van der Waals surface area contributed by atoms with Crippen molar-refractivity contribution in [3.05, 3.63) is 12.2 Å². The SMILES string of the molecule is C=C(C)C(=O)OCC(O)COC(=O)C(C)(C)CC.CCC(C)(C)C(=O)OC. The Morgan fingerprint density at radius 3 is 1.67 bits per heavy atom. The summed E-state index contributed by atoms with van der Waals surface area (Å²) in [7, 11) is 1.42. The fraction of sp³-hybridized carbons (Fsp3) is 0.750. The molecule has 0 heterocycles. The summed E-state index contributed by atoms with van der Waals surface area (Å²) in [6.45, 7) is 15.6. The maximum absolute atomic E-state index is 11.6. The van der Waals surface area contributed by atoms with E-state index in [0.717, 1.165) is 6.42 Å². The van der Waals surface area contributed by atoms with Crippen LogP contribution in [0.5, 0.6) is 0 Å². The second-order valence-corrected chi connectivity index (χ2v) is 7.60. The molecule has 0 fully saturated rings. The highest BCUT2D eigenvalue weighted by Gasteiger charge is 2.28. The molecule has 0 rings (SSSR count). The number of rotatable bonds is 9. The van der Waals surface area contributed by atoms with Gasteiger partial charge in [0.2, 0.25) is 0 Å². The first-order valence-corrected chi connectivity index (χ1v) is 9.01. The second-order valence-electron chi connectivity index (χ2n) is 7.60. The molecule has 0 saturated carbocycles. The first-order chi connectivity index (χ1) is 12.2. The van der Waals surface area contributed by atoms with E-state index in [9.17, 15) is 19.5 Å². The molecule has 7 nitrogen and oxygen atoms in total. The summed E-state index contributed by atoms with van der Waals surface area (Å²) in [6, 6.07) is 0. The molecule has 0 aliphatic heterocycles. The highest BCUT2D eigenvalue weighted by molar-refractivity contribution is 5.86. The number of carbonyl (C=O) groups is 3. The standard InChI is InChI=1S/C13H22O5.C7H14O2/c1-6-13(4,5)12(16)18-8-10(14)7-17-11(15)9(2)3;1-5-7(2,3)6(8)9-4/h10,14H,2,6-8H2,1,3-5H3;5H2,1-4H3. The Morgan fingerprint density at radius 2 is 1.33 bits per heavy atom. The van der Waals surface area contributed by atoms with Crippen molar-refractivity contribution in [1.29, 1.82) is 0 Å². The van der Waals surface area contributed by atoms with Crippen LogP contribution in [-0.4, -0.2) is 49.4 Å². The Hall–Kier alpha value is -1.89. The van der Waals surface area contributed by atoms with Gasteiger partial charge in [0.05, 0.1) is 17.9 Å². The van der Waals surface area contributed by atoms with Crippen LogP contribution >= 0.6 is 0 Å². The van der Waals surface area contributed by atoms with Crippen LogP contribution in [-0.2, 0) is 28.6 Å². The van der Waals surface area contributed by atoms with Crippen molar-refractivity contribution in [2.24, 2.45) is 10.8 Å². The summed E-state index contributed by atoms with van der Waals surface area (Å²) >= 11 is 0. The molecule has 1 N–H and O–H groups in total. The lowest BCUT2D eigenvalue weighted by atomic mass is 9.91. The van der Waals surface area contributed by atoms with Crippen LogP contribution in [0.3, 0.4) is 0 Å². The summed E-state index contributed by atoms with van der Waals surface area (Å²) in [6.07, 6.45) is 0.441. The molecule has 0 radical (unpaired) electrons. The number of aliphatic hydroxyl groups is 1. The number of aliphatic hydroxyl groups excluding tert-OH is 1. The zero-order valence-corrected chi connectivity index (χ0v) is 18.0. The molecule has 1 atom stereocenters. The lowest BCUT2D eigenvalue weighted by Crippen LogP contribution is -2.31. The molecule has 0 saturated heterocycles. The van der Waals surface area contributed by atoms with Gasteiger partial charge < -0.3 is 19.3 Å². The van der Waals surface area contributed by atoms with Crippen LogP contribution in [0.25, 0.3) is 0 Å². The summed E-state index contributed by atoms with van der Waals surface area (Å²) in [4.78, 5) is 33.5. The van der Waals surface area contributed by atoms with E-state index in [1.807, 2.05) is 27.7 Å². The monoisotopic (exact) mass is 388 g/mol. The first kappa shape index (κ1) is 27.3. The Bertz CT molecular complexity index is 506. The Labute approximate surface area is 163 Å². The van der Waals surface area contributed by atoms with Crippen molar-refractivity contribution in [2.45, 2.75) is 67.4 Å². The minimum absolute atomic E-state index is 0.134. The molecule has 0 amide bonds. The maximum Gasteiger partial charge on any atom is 0.333 e. The van der Waals surface area contributed by atoms with Gasteiger partial charge in [-0.05, 0) is 47.5 Å². The van der Waals surface area contributed by atoms with Crippen molar-refractivity contribution in [1.82, 2.24) is 0 Å². The number of esters is 3. The third-order valence-corrected chi connectivity index (χ3v) is 4.22. The second kappa shape index (κ2) is 12.5. The smallest absolute Gasteiger partial charge is 0.333 e. The van der Waals surface area contributed by atoms with Crippen LogP contribution in [0.1, 0.15) is 61.3 Å². The van der Waals surface area contributed by atoms with Crippen molar-refractivity contribution in [3.63, 3.8) is 0 Å². The summed E-state index contributed by atoms with van der Waals surface area (Å²) in [5.74, 6) is -1.09. The number of hydrogen-bond donors (Lipinski definition) is 1. The minimum Gasteiger partial charge on any atom is -0.469 e. The molecule has 0 aromatic carbocycles. The molecule has 0 aromatic heterocycles. The fourth-order valence-electron chi connectivity index (χ4n) is 1.28. The lowest BCUT2D eigenvalue weighted by molar-refractivity contribution is -0.159. The molecule has 0 aromatic rings. The average molecular weight is 389 g/mol. The zero-order valence-electron chi connectivity index (χ0n) is 18.0. The highest BCUT2D eigenvalue weighted by Crippen LogP contribution is 2.21. The largest absolute Gasteiger partial charge is 0.469 e. The van der Waals surface area contributed by atoms with Gasteiger partial charge in [-0.25, -0.2) is 4.79 Å². The van der Waals surface area contributed by atoms with Crippen molar-refractivity contribution >= 4 is 17.9 Å². The zero-order chi connectivity index (χ0) is 21.8. The topological polar surface area (TPSA) is 99.1 Å². The van der Waals surface area contributed by atoms with E-state index in [-0.39, 0.29) is 36.1 Å². The number of methoxy groups -OCH3 is 1. The molecule has 7 heteroatoms. The van der Waals surface area contributed by atoms with Crippen LogP contribution in [0.2, 0.25) is 0 Å². The number of hydrogen-bond acceptors (Lipinski definition) is 7. The normalized spacial score (nSPS) is 12.2. The Balaban J connectivity index is 0. The van der Waals surface area contributed by atoms with Crippen molar-refractivity contribution in [2.75, 3.05) is 20.3 Å². The molecule has 158 valence electrons. The Kier molecular flexibility index (Phi) is 12.6. The molecule has 1 unspecified atom stereocenters. The van der Waals surface area contributed by atoms with Gasteiger partial charge in [0, 0.05) is 5.57 Å². The summed E-state index contributed by atoms with van der Waals surface area (Å²) in [5.41, 5.74) is -0.630. The van der Waals surface area contributed by atoms with E-state index in [1.165, 1.54) is 14.0 Å². The Morgan fingerprint density at radius 1 is 0.926 bits per heavy atom. The lowest BCUT2D eigenvalue weighted by Gasteiger charge is -2.21. The van der Waals surface area contributed by atoms with Gasteiger partial charge in [-0.1, -0.05) is 20.4 Å². The third-order valence-electron chi connectivity index (χ3n) is 4.22. The van der Waals surface area contributed by atoms with Crippen molar-refractivity contribution < 1.29 is 33.7 Å². The molecule has 0 spiro atoms. The molecule has 27 heavy (non-hydrogen) atoms. The predicted molar refractivity (Wildman–Crippen MR) is 103 cm³/mol. The highest BCUT2D eigenvalue weighted by atomic mass is 16.6. The van der Waals surface area contributed by atoms with E-state index in [2.05, 4.69) is 11.3 Å². The maximum atomic E-state index is 11.6. The fourth-order valence-corrected chi connectivity index (χ4v) is 1.28. The van der Waals surface area contributed by atoms with E-state index in [4.69, 9.17) is 9.47 Å². The minimum atomic E-state index is -1.02. The van der Waals surface area contributed by atoms with Gasteiger partial charge in [-0.15, -0.1) is 0 Å². The van der Waals surface area contributed by atoms with Crippen LogP contribution in [0.15, 0.2) is 12.2 Å². The van der Waals surface area contributed by atoms with Gasteiger partial charge in [0.25, 0.3) is 0 Å². The quantitative estimate of drug-likeness (QED) is 0.368. The molecular formula is C20H36O7. The van der Waals surface area contributed by atoms with Gasteiger partial charge >= 0.3 is 17.9 Å². The van der Waals surface area contributed by atoms with Gasteiger partial charge in [0.15, 0.2) is 0 Å².